The van der Waals surface area contributed by atoms with E-state index in [0.29, 0.717) is 19.0 Å². The van der Waals surface area contributed by atoms with Gasteiger partial charge in [-0.15, -0.1) is 0 Å². The molecule has 0 fully saturated rings. The van der Waals surface area contributed by atoms with Crippen molar-refractivity contribution < 1.29 is 4.74 Å². The molecule has 4 nitrogen and oxygen atoms in total. The normalized spacial score (nSPS) is 10.2. The molecule has 0 spiro atoms. The molecule has 0 saturated heterocycles. The zero-order chi connectivity index (χ0) is 8.97. The fraction of sp³-hybridized carbons (Fsp3) is 0.429. The highest BCUT2D eigenvalue weighted by molar-refractivity contribution is 6.28. The standard InChI is InChI=1S/C7H10ClN3O/c1-2-12-4-5-3-10-7(8)11-6(5)9/h3H,2,4H2,1H3,(H2,9,10,11). The van der Waals surface area contributed by atoms with Crippen LogP contribution in [-0.4, -0.2) is 16.6 Å². The number of nitrogens with two attached hydrogens (primary N) is 1. The molecule has 0 aromatic carbocycles. The van der Waals surface area contributed by atoms with Crippen LogP contribution < -0.4 is 5.73 Å². The zero-order valence-electron chi connectivity index (χ0n) is 6.75. The number of halogens is 1. The summed E-state index contributed by atoms with van der Waals surface area (Å²) in [4.78, 5) is 7.57. The first-order chi connectivity index (χ1) is 5.74. The van der Waals surface area contributed by atoms with Gasteiger partial charge in [-0.25, -0.2) is 9.97 Å². The smallest absolute Gasteiger partial charge is 0.224 e. The molecule has 0 radical (unpaired) electrons. The maximum atomic E-state index is 5.55. The topological polar surface area (TPSA) is 61.0 Å². The Bertz CT molecular complexity index is 267. The second-order valence-corrected chi connectivity index (χ2v) is 2.52. The number of rotatable bonds is 3. The Kier molecular flexibility index (Phi) is 3.25. The van der Waals surface area contributed by atoms with E-state index in [9.17, 15) is 0 Å². The van der Waals surface area contributed by atoms with Crippen LogP contribution in [0, 0.1) is 0 Å². The molecule has 0 bridgehead atoms. The first kappa shape index (κ1) is 9.22. The first-order valence-electron chi connectivity index (χ1n) is 3.58. The highest BCUT2D eigenvalue weighted by Crippen LogP contribution is 2.10. The molecule has 0 atom stereocenters. The molecule has 1 aromatic heterocycles. The predicted octanol–water partition coefficient (Wildman–Crippen LogP) is 1.25. The summed E-state index contributed by atoms with van der Waals surface area (Å²) in [5, 5.41) is 0.160. The minimum atomic E-state index is 0.160. The average molecular weight is 188 g/mol. The molecule has 12 heavy (non-hydrogen) atoms. The maximum Gasteiger partial charge on any atom is 0.224 e. The first-order valence-corrected chi connectivity index (χ1v) is 3.96. The second kappa shape index (κ2) is 4.23. The number of ether oxygens (including phenoxy) is 1. The fourth-order valence-electron chi connectivity index (χ4n) is 0.721. The van der Waals surface area contributed by atoms with Crippen LogP contribution in [0.25, 0.3) is 0 Å². The third kappa shape index (κ3) is 2.32. The monoisotopic (exact) mass is 187 g/mol. The van der Waals surface area contributed by atoms with Gasteiger partial charge in [-0.2, -0.15) is 0 Å². The van der Waals surface area contributed by atoms with Crippen LogP contribution in [0.2, 0.25) is 5.28 Å². The average Bonchev–Trinajstić information content (AvgIpc) is 2.03. The highest BCUT2D eigenvalue weighted by atomic mass is 35.5. The highest BCUT2D eigenvalue weighted by Gasteiger charge is 2.01. The molecule has 1 rings (SSSR count). The number of anilines is 1. The molecular formula is C7H10ClN3O. The van der Waals surface area contributed by atoms with Crippen molar-refractivity contribution in [2.45, 2.75) is 13.5 Å². The van der Waals surface area contributed by atoms with Crippen LogP contribution in [-0.2, 0) is 11.3 Å². The molecule has 0 aliphatic heterocycles. The lowest BCUT2D eigenvalue weighted by Crippen LogP contribution is -2.01. The SMILES string of the molecule is CCOCc1cnc(Cl)nc1N. The minimum absolute atomic E-state index is 0.160. The van der Waals surface area contributed by atoms with Gasteiger partial charge in [0.2, 0.25) is 5.28 Å². The van der Waals surface area contributed by atoms with Gasteiger partial charge in [0.1, 0.15) is 5.82 Å². The van der Waals surface area contributed by atoms with Gasteiger partial charge in [-0.3, -0.25) is 0 Å². The predicted molar refractivity (Wildman–Crippen MR) is 46.8 cm³/mol. The van der Waals surface area contributed by atoms with Crippen LogP contribution in [0.5, 0.6) is 0 Å². The Morgan fingerprint density at radius 3 is 3.00 bits per heavy atom. The molecule has 0 aliphatic rings. The molecule has 1 aromatic rings. The van der Waals surface area contributed by atoms with E-state index in [4.69, 9.17) is 22.1 Å². The van der Waals surface area contributed by atoms with Crippen molar-refractivity contribution in [1.82, 2.24) is 9.97 Å². The molecule has 2 N–H and O–H groups in total. The number of hydrogen-bond donors (Lipinski definition) is 1. The van der Waals surface area contributed by atoms with Crippen molar-refractivity contribution in [2.24, 2.45) is 0 Å². The van der Waals surface area contributed by atoms with Gasteiger partial charge < -0.3 is 10.5 Å². The number of hydrogen-bond acceptors (Lipinski definition) is 4. The number of nitrogens with zero attached hydrogens (tertiary/aromatic N) is 2. The van der Waals surface area contributed by atoms with Crippen LogP contribution in [0.1, 0.15) is 12.5 Å². The van der Waals surface area contributed by atoms with Crippen molar-refractivity contribution in [2.75, 3.05) is 12.3 Å². The molecule has 1 heterocycles. The van der Waals surface area contributed by atoms with Crippen LogP contribution in [0.15, 0.2) is 6.20 Å². The van der Waals surface area contributed by atoms with E-state index in [1.54, 1.807) is 6.20 Å². The van der Waals surface area contributed by atoms with Gasteiger partial charge >= 0.3 is 0 Å². The van der Waals surface area contributed by atoms with Gasteiger partial charge in [0, 0.05) is 18.4 Å². The Morgan fingerprint density at radius 1 is 1.67 bits per heavy atom. The lowest BCUT2D eigenvalue weighted by atomic mass is 10.3. The zero-order valence-corrected chi connectivity index (χ0v) is 7.51. The van der Waals surface area contributed by atoms with Gasteiger partial charge in [-0.05, 0) is 18.5 Å². The molecule has 0 amide bonds. The van der Waals surface area contributed by atoms with E-state index < -0.39 is 0 Å². The second-order valence-electron chi connectivity index (χ2n) is 2.19. The molecule has 5 heteroatoms. The summed E-state index contributed by atoms with van der Waals surface area (Å²) >= 11 is 5.51. The van der Waals surface area contributed by atoms with E-state index in [1.165, 1.54) is 0 Å². The summed E-state index contributed by atoms with van der Waals surface area (Å²) in [6.45, 7) is 2.98. The Balaban J connectivity index is 2.72. The summed E-state index contributed by atoms with van der Waals surface area (Å²) in [5.41, 5.74) is 6.31. The summed E-state index contributed by atoms with van der Waals surface area (Å²) < 4.78 is 5.14. The number of aromatic nitrogens is 2. The van der Waals surface area contributed by atoms with Crippen LogP contribution >= 0.6 is 11.6 Å². The van der Waals surface area contributed by atoms with Crippen LogP contribution in [0.3, 0.4) is 0 Å². The van der Waals surface area contributed by atoms with E-state index in [1.807, 2.05) is 6.92 Å². The third-order valence-electron chi connectivity index (χ3n) is 1.33. The molecule has 66 valence electrons. The van der Waals surface area contributed by atoms with Crippen molar-refractivity contribution in [1.29, 1.82) is 0 Å². The van der Waals surface area contributed by atoms with Gasteiger partial charge in [0.05, 0.1) is 6.61 Å². The van der Waals surface area contributed by atoms with Gasteiger partial charge in [-0.1, -0.05) is 0 Å². The number of nitrogen functional groups attached to an aromatic ring is 1. The summed E-state index contributed by atoms with van der Waals surface area (Å²) in [6, 6.07) is 0. The fourth-order valence-corrected chi connectivity index (χ4v) is 0.860. The van der Waals surface area contributed by atoms with E-state index in [0.717, 1.165) is 5.56 Å². The summed E-state index contributed by atoms with van der Waals surface area (Å²) in [7, 11) is 0. The Hall–Kier alpha value is -0.870. The van der Waals surface area contributed by atoms with Crippen LogP contribution in [0.4, 0.5) is 5.82 Å². The Morgan fingerprint density at radius 2 is 2.42 bits per heavy atom. The maximum absolute atomic E-state index is 5.55. The minimum Gasteiger partial charge on any atom is -0.383 e. The largest absolute Gasteiger partial charge is 0.383 e. The quantitative estimate of drug-likeness (QED) is 0.724. The van der Waals surface area contributed by atoms with E-state index in [2.05, 4.69) is 9.97 Å². The van der Waals surface area contributed by atoms with E-state index in [-0.39, 0.29) is 5.28 Å². The lowest BCUT2D eigenvalue weighted by Gasteiger charge is -2.03. The summed E-state index contributed by atoms with van der Waals surface area (Å²) in [6.07, 6.45) is 1.57. The third-order valence-corrected chi connectivity index (χ3v) is 1.51. The summed E-state index contributed by atoms with van der Waals surface area (Å²) in [5.74, 6) is 0.378. The molecule has 0 aliphatic carbocycles. The molecule has 0 unspecified atom stereocenters. The van der Waals surface area contributed by atoms with Gasteiger partial charge in [0.25, 0.3) is 0 Å². The van der Waals surface area contributed by atoms with Crippen molar-refractivity contribution in [3.05, 3.63) is 17.0 Å². The lowest BCUT2D eigenvalue weighted by molar-refractivity contribution is 0.134. The molecular weight excluding hydrogens is 178 g/mol. The van der Waals surface area contributed by atoms with Crippen molar-refractivity contribution >= 4 is 17.4 Å². The van der Waals surface area contributed by atoms with E-state index >= 15 is 0 Å². The Labute approximate surface area is 75.7 Å². The van der Waals surface area contributed by atoms with Crippen molar-refractivity contribution in [3.63, 3.8) is 0 Å². The molecule has 0 saturated carbocycles. The van der Waals surface area contributed by atoms with Gasteiger partial charge in [0.15, 0.2) is 0 Å². The van der Waals surface area contributed by atoms with Crippen molar-refractivity contribution in [3.8, 4) is 0 Å².